The van der Waals surface area contributed by atoms with Crippen molar-refractivity contribution >= 4 is 33.7 Å². The number of carboxylic acids is 1. The number of ether oxygens (including phenoxy) is 2. The van der Waals surface area contributed by atoms with E-state index in [1.165, 1.54) is 23.9 Å². The lowest BCUT2D eigenvalue weighted by atomic mass is 9.99. The lowest BCUT2D eigenvalue weighted by Crippen LogP contribution is -2.47. The molecular weight excluding hydrogens is 797 g/mol. The molecule has 6 aromatic carbocycles. The Hall–Kier alpha value is -5.60. The van der Waals surface area contributed by atoms with E-state index in [4.69, 9.17) is 9.47 Å². The van der Waals surface area contributed by atoms with Crippen molar-refractivity contribution in [3.05, 3.63) is 191 Å². The monoisotopic (exact) mass is 842 g/mol. The molecule has 1 fully saturated rings. The van der Waals surface area contributed by atoms with E-state index >= 15 is 0 Å². The number of hydrogen-bond donors (Lipinski definition) is 4. The van der Waals surface area contributed by atoms with E-state index in [0.29, 0.717) is 17.1 Å². The van der Waals surface area contributed by atoms with Gasteiger partial charge in [-0.1, -0.05) is 121 Å². The first-order valence-corrected chi connectivity index (χ1v) is 22.1. The summed E-state index contributed by atoms with van der Waals surface area (Å²) in [7, 11) is -3.99. The molecule has 0 spiro atoms. The third-order valence-electron chi connectivity index (χ3n) is 10.3. The molecule has 0 aromatic heterocycles. The topological polar surface area (TPSA) is 151 Å². The number of carboxylic acid groups (broad SMARTS) is 1. The molecule has 4 N–H and O–H groups in total. The minimum absolute atomic E-state index is 0.0645. The van der Waals surface area contributed by atoms with E-state index in [9.17, 15) is 28.2 Å². The predicted octanol–water partition coefficient (Wildman–Crippen LogP) is 8.40. The number of sulfonamides is 1. The van der Waals surface area contributed by atoms with Gasteiger partial charge in [0.05, 0.1) is 29.3 Å². The molecule has 1 aliphatic rings. The van der Waals surface area contributed by atoms with E-state index < -0.39 is 34.2 Å². The van der Waals surface area contributed by atoms with Crippen molar-refractivity contribution in [2.24, 2.45) is 0 Å². The van der Waals surface area contributed by atoms with Crippen molar-refractivity contribution in [1.82, 2.24) is 10.0 Å². The van der Waals surface area contributed by atoms with Gasteiger partial charge in [0, 0.05) is 29.2 Å². The second-order valence-electron chi connectivity index (χ2n) is 14.7. The Kier molecular flexibility index (Phi) is 13.9. The van der Waals surface area contributed by atoms with Crippen LogP contribution < -0.4 is 10.0 Å². The second kappa shape index (κ2) is 19.6. The van der Waals surface area contributed by atoms with Crippen LogP contribution in [0.4, 0.5) is 0 Å². The zero-order valence-electron chi connectivity index (χ0n) is 32.9. The van der Waals surface area contributed by atoms with Crippen LogP contribution in [0.3, 0.4) is 0 Å². The fourth-order valence-electron chi connectivity index (χ4n) is 7.02. The molecule has 60 heavy (non-hydrogen) atoms. The van der Waals surface area contributed by atoms with Gasteiger partial charge >= 0.3 is 5.97 Å². The number of benzene rings is 6. The molecule has 1 aliphatic heterocycles. The Morgan fingerprint density at radius 3 is 2.17 bits per heavy atom. The quantitative estimate of drug-likeness (QED) is 0.0705. The average molecular weight is 843 g/mol. The van der Waals surface area contributed by atoms with Crippen LogP contribution in [-0.4, -0.2) is 48.4 Å². The lowest BCUT2D eigenvalue weighted by Gasteiger charge is -2.36. The maximum Gasteiger partial charge on any atom is 0.336 e. The fraction of sp³-hybridized carbons (Fsp3) is 0.208. The van der Waals surface area contributed by atoms with Gasteiger partial charge in [-0.2, -0.15) is 4.72 Å². The van der Waals surface area contributed by atoms with E-state index in [1.54, 1.807) is 30.3 Å². The van der Waals surface area contributed by atoms with Crippen LogP contribution in [-0.2, 0) is 43.9 Å². The molecule has 6 aromatic rings. The largest absolute Gasteiger partial charge is 0.478 e. The van der Waals surface area contributed by atoms with Crippen molar-refractivity contribution in [2.45, 2.75) is 67.2 Å². The molecule has 0 unspecified atom stereocenters. The number of thioether (sulfide) groups is 1. The minimum atomic E-state index is -3.99. The first-order valence-electron chi connectivity index (χ1n) is 19.6. The summed E-state index contributed by atoms with van der Waals surface area (Å²) in [5, 5.41) is 22.3. The van der Waals surface area contributed by atoms with Crippen LogP contribution in [0.2, 0.25) is 0 Å². The molecule has 4 atom stereocenters. The maximum absolute atomic E-state index is 13.7. The molecule has 0 radical (unpaired) electrons. The molecular formula is C48H46N2O8S2. The molecule has 1 heterocycles. The Morgan fingerprint density at radius 1 is 0.750 bits per heavy atom. The number of amides is 1. The van der Waals surface area contributed by atoms with Crippen LogP contribution in [0.1, 0.15) is 62.6 Å². The van der Waals surface area contributed by atoms with Crippen molar-refractivity contribution in [3.63, 3.8) is 0 Å². The third kappa shape index (κ3) is 11.0. The summed E-state index contributed by atoms with van der Waals surface area (Å²) in [6.45, 7) is 1.98. The van der Waals surface area contributed by atoms with Crippen LogP contribution in [0.5, 0.6) is 0 Å². The highest BCUT2D eigenvalue weighted by Crippen LogP contribution is 2.40. The van der Waals surface area contributed by atoms with Crippen molar-refractivity contribution in [2.75, 3.05) is 5.75 Å². The van der Waals surface area contributed by atoms with E-state index in [0.717, 1.165) is 44.5 Å². The number of carbonyl (C=O) groups excluding carboxylic acids is 1. The second-order valence-corrected chi connectivity index (χ2v) is 17.5. The molecule has 10 nitrogen and oxygen atoms in total. The first-order chi connectivity index (χ1) is 29.0. The highest BCUT2D eigenvalue weighted by atomic mass is 32.2. The Balaban J connectivity index is 1.07. The molecule has 12 heteroatoms. The summed E-state index contributed by atoms with van der Waals surface area (Å²) in [5.74, 6) is -0.932. The Morgan fingerprint density at radius 2 is 1.43 bits per heavy atom. The maximum atomic E-state index is 13.7. The van der Waals surface area contributed by atoms with Gasteiger partial charge in [0.25, 0.3) is 0 Å². The molecule has 0 saturated carbocycles. The summed E-state index contributed by atoms with van der Waals surface area (Å²) < 4.78 is 42.6. The first kappa shape index (κ1) is 42.5. The molecule has 1 amide bonds. The zero-order chi connectivity index (χ0) is 42.1. The van der Waals surface area contributed by atoms with Gasteiger partial charge in [-0.15, -0.1) is 11.8 Å². The normalized spacial score (nSPS) is 17.1. The Labute approximate surface area is 354 Å². The number of aryl methyl sites for hydroxylation is 1. The lowest BCUT2D eigenvalue weighted by molar-refractivity contribution is -0.245. The average Bonchev–Trinajstić information content (AvgIpc) is 3.28. The highest BCUT2D eigenvalue weighted by molar-refractivity contribution is 7.99. The van der Waals surface area contributed by atoms with E-state index in [-0.39, 0.29) is 42.2 Å². The standard InChI is InChI=1S/C48H46N2O8S2/c1-32-17-23-41(24-18-32)60(55,56)50-43(26-33-9-3-2-4-10-33)46(52)49-29-35-11-7-12-37(25-35)38-13-8-14-39(27-38)48-57-40(31-59-45-16-6-5-15-42(45)47(53)54)28-44(58-48)36-21-19-34(30-51)20-22-36/h2-25,27,40,43-44,48,50-51H,26,28-31H2,1H3,(H,49,52)(H,53,54)/t40-,43-,44+,48+/m1/s1. The van der Waals surface area contributed by atoms with Crippen LogP contribution in [0.25, 0.3) is 11.1 Å². The fourth-order valence-corrected chi connectivity index (χ4v) is 9.28. The van der Waals surface area contributed by atoms with Crippen molar-refractivity contribution in [1.29, 1.82) is 0 Å². The van der Waals surface area contributed by atoms with Crippen LogP contribution in [0, 0.1) is 6.92 Å². The van der Waals surface area contributed by atoms with Gasteiger partial charge in [0.15, 0.2) is 6.29 Å². The van der Waals surface area contributed by atoms with Crippen molar-refractivity contribution < 1.29 is 37.7 Å². The summed E-state index contributed by atoms with van der Waals surface area (Å²) in [4.78, 5) is 26.4. The van der Waals surface area contributed by atoms with Gasteiger partial charge < -0.3 is 25.0 Å². The zero-order valence-corrected chi connectivity index (χ0v) is 34.6. The number of aliphatic hydroxyl groups excluding tert-OH is 1. The Bertz CT molecular complexity index is 2520. The molecule has 0 bridgehead atoms. The number of aliphatic hydroxyl groups is 1. The van der Waals surface area contributed by atoms with Gasteiger partial charge in [-0.25, -0.2) is 13.2 Å². The van der Waals surface area contributed by atoms with Gasteiger partial charge in [0.1, 0.15) is 6.04 Å². The smallest absolute Gasteiger partial charge is 0.336 e. The molecule has 7 rings (SSSR count). The number of nitrogens with one attached hydrogen (secondary N) is 2. The van der Waals surface area contributed by atoms with Gasteiger partial charge in [-0.05, 0) is 83.1 Å². The summed E-state index contributed by atoms with van der Waals surface area (Å²) >= 11 is 1.44. The number of hydrogen-bond acceptors (Lipinski definition) is 8. The highest BCUT2D eigenvalue weighted by Gasteiger charge is 2.33. The molecule has 308 valence electrons. The van der Waals surface area contributed by atoms with E-state index in [2.05, 4.69) is 10.0 Å². The summed E-state index contributed by atoms with van der Waals surface area (Å²) in [5.41, 5.74) is 7.14. The summed E-state index contributed by atoms with van der Waals surface area (Å²) in [6, 6.07) is 45.0. The van der Waals surface area contributed by atoms with Gasteiger partial charge in [-0.3, -0.25) is 4.79 Å². The van der Waals surface area contributed by atoms with Crippen molar-refractivity contribution in [3.8, 4) is 11.1 Å². The number of rotatable bonds is 16. The molecule has 1 saturated heterocycles. The number of aromatic carboxylic acids is 1. The van der Waals surface area contributed by atoms with Crippen LogP contribution in [0.15, 0.2) is 161 Å². The molecule has 0 aliphatic carbocycles. The van der Waals surface area contributed by atoms with E-state index in [1.807, 2.05) is 116 Å². The summed E-state index contributed by atoms with van der Waals surface area (Å²) in [6.07, 6.45) is -0.612. The van der Waals surface area contributed by atoms with Gasteiger partial charge in [0.2, 0.25) is 15.9 Å². The SMILES string of the molecule is Cc1ccc(S(=O)(=O)N[C@H](Cc2ccccc2)C(=O)NCc2cccc(-c3cccc([C@H]4O[C@@H](CSc5ccccc5C(=O)O)C[C@@H](c5ccc(CO)cc5)O4)c3)c2)cc1. The minimum Gasteiger partial charge on any atom is -0.478 e. The van der Waals surface area contributed by atoms with Crippen LogP contribution >= 0.6 is 11.8 Å². The third-order valence-corrected chi connectivity index (χ3v) is 13.0. The predicted molar refractivity (Wildman–Crippen MR) is 232 cm³/mol. The number of carbonyl (C=O) groups is 2.